The van der Waals surface area contributed by atoms with Crippen molar-refractivity contribution in [3.05, 3.63) is 71.3 Å². The third-order valence-corrected chi connectivity index (χ3v) is 3.95. The second kappa shape index (κ2) is 14.2. The van der Waals surface area contributed by atoms with E-state index in [0.29, 0.717) is 5.92 Å². The average molecular weight is 480 g/mol. The summed E-state index contributed by atoms with van der Waals surface area (Å²) >= 11 is -0.346. The molecule has 0 bridgehead atoms. The van der Waals surface area contributed by atoms with Crippen LogP contribution >= 0.6 is 19.4 Å². The van der Waals surface area contributed by atoms with Crippen molar-refractivity contribution in [1.82, 2.24) is 4.90 Å². The summed E-state index contributed by atoms with van der Waals surface area (Å²) in [6.45, 7) is 9.66. The summed E-state index contributed by atoms with van der Waals surface area (Å²) in [5, 5.41) is 0. The maximum absolute atomic E-state index is 4.85. The van der Waals surface area contributed by atoms with Gasteiger partial charge in [-0.15, -0.1) is 0 Å². The fraction of sp³-hybridized carbons (Fsp3) is 0.381. The average Bonchev–Trinajstić information content (AvgIpc) is 2.65. The zero-order valence-electron chi connectivity index (χ0n) is 15.7. The molecule has 0 N–H and O–H groups in total. The minimum atomic E-state index is -0.346. The number of aryl methyl sites for hydroxylation is 1. The molecule has 0 saturated heterocycles. The van der Waals surface area contributed by atoms with Gasteiger partial charge in [0, 0.05) is 19.6 Å². The Hall–Kier alpha value is -0.887. The molecule has 1 aliphatic heterocycles. The van der Waals surface area contributed by atoms with Crippen LogP contribution in [0.2, 0.25) is 0 Å². The molecule has 26 heavy (non-hydrogen) atoms. The summed E-state index contributed by atoms with van der Waals surface area (Å²) < 4.78 is 0. The van der Waals surface area contributed by atoms with Crippen LogP contribution < -0.4 is 0 Å². The maximum atomic E-state index is 4.85. The Bertz CT molecular complexity index is 616. The summed E-state index contributed by atoms with van der Waals surface area (Å²) in [5.74, 6) is 0.653. The van der Waals surface area contributed by atoms with Gasteiger partial charge in [-0.1, -0.05) is 74.0 Å². The Morgan fingerprint density at radius 2 is 1.65 bits per heavy atom. The van der Waals surface area contributed by atoms with Gasteiger partial charge in [0.25, 0.3) is 0 Å². The second-order valence-corrected chi connectivity index (χ2v) is 9.09. The van der Waals surface area contributed by atoms with Crippen LogP contribution in [-0.2, 0) is 21.7 Å². The van der Waals surface area contributed by atoms with Crippen molar-refractivity contribution in [2.75, 3.05) is 13.1 Å². The van der Waals surface area contributed by atoms with Gasteiger partial charge in [-0.2, -0.15) is 0 Å². The van der Waals surface area contributed by atoms with E-state index in [0.717, 1.165) is 19.6 Å². The van der Waals surface area contributed by atoms with Crippen molar-refractivity contribution in [3.8, 4) is 0 Å². The fourth-order valence-corrected chi connectivity index (χ4v) is 2.49. The summed E-state index contributed by atoms with van der Waals surface area (Å²) in [6, 6.07) is 19.2. The first-order valence-electron chi connectivity index (χ1n) is 8.76. The zero-order chi connectivity index (χ0) is 19.2. The summed E-state index contributed by atoms with van der Waals surface area (Å²) in [4.78, 5) is 6.52. The first-order valence-corrected chi connectivity index (χ1v) is 13.2. The monoisotopic (exact) mass is 480 g/mol. The van der Waals surface area contributed by atoms with E-state index < -0.39 is 0 Å². The van der Waals surface area contributed by atoms with Gasteiger partial charge in [0.15, 0.2) is 0 Å². The number of benzene rings is 2. The molecule has 1 heterocycles. The van der Waals surface area contributed by atoms with Gasteiger partial charge in [-0.25, -0.2) is 0 Å². The number of hydrogen-bond acceptors (Lipinski definition) is 2. The van der Waals surface area contributed by atoms with E-state index in [2.05, 4.69) is 79.2 Å². The van der Waals surface area contributed by atoms with Crippen LogP contribution in [0.4, 0.5) is 0 Å². The van der Waals surface area contributed by atoms with Gasteiger partial charge in [0.2, 0.25) is 0 Å². The summed E-state index contributed by atoms with van der Waals surface area (Å²) in [7, 11) is 9.71. The molecule has 0 fully saturated rings. The van der Waals surface area contributed by atoms with E-state index in [4.69, 9.17) is 19.4 Å². The van der Waals surface area contributed by atoms with Crippen molar-refractivity contribution in [2.24, 2.45) is 4.99 Å². The number of nitrogens with zero attached hydrogens (tertiary/aromatic N) is 2. The molecule has 2 nitrogen and oxygen atoms in total. The van der Waals surface area contributed by atoms with Crippen LogP contribution in [0.15, 0.2) is 59.6 Å². The molecule has 0 amide bonds. The molecule has 2 aromatic rings. The summed E-state index contributed by atoms with van der Waals surface area (Å²) in [5.41, 5.74) is 4.12. The zero-order valence-corrected chi connectivity index (χ0v) is 18.9. The van der Waals surface area contributed by atoms with Gasteiger partial charge >= 0.3 is 34.5 Å². The SMILES string of the molecule is C1=NCCCN1Cc1ccccc1.Cc1ccc(C(C)C)cc1.[Cl][Ru][Cl]. The molecule has 0 saturated carbocycles. The molecule has 144 valence electrons. The van der Waals surface area contributed by atoms with Gasteiger partial charge in [0.1, 0.15) is 0 Å². The van der Waals surface area contributed by atoms with Gasteiger partial charge in [-0.3, -0.25) is 4.99 Å². The van der Waals surface area contributed by atoms with Gasteiger partial charge in [-0.05, 0) is 30.4 Å². The quantitative estimate of drug-likeness (QED) is 0.464. The standard InChI is InChI=1S/C11H14N2.C10H14.2ClH.Ru/c1-2-5-11(6-3-1)9-13-8-4-7-12-10-13;1-8(2)10-6-4-9(3)5-7-10;;;/h1-3,5-6,10H,4,7-9H2;4-8H,1-3H3;2*1H;/q;;;;+2/p-2. The number of hydrogen-bond donors (Lipinski definition) is 0. The Morgan fingerprint density at radius 1 is 1.04 bits per heavy atom. The van der Waals surface area contributed by atoms with Crippen LogP contribution in [0.1, 0.15) is 42.9 Å². The number of rotatable bonds is 3. The molecular formula is C21H28Cl2N2Ru. The van der Waals surface area contributed by atoms with E-state index in [9.17, 15) is 0 Å². The molecule has 3 rings (SSSR count). The third kappa shape index (κ3) is 10.3. The predicted octanol–water partition coefficient (Wildman–Crippen LogP) is 6.42. The molecule has 0 aliphatic carbocycles. The molecule has 1 aliphatic rings. The minimum absolute atomic E-state index is 0.346. The van der Waals surface area contributed by atoms with E-state index in [1.165, 1.54) is 23.1 Å². The Morgan fingerprint density at radius 3 is 2.15 bits per heavy atom. The Kier molecular flexibility index (Phi) is 12.7. The second-order valence-electron chi connectivity index (χ2n) is 6.45. The topological polar surface area (TPSA) is 15.6 Å². The van der Waals surface area contributed by atoms with Gasteiger partial charge in [0.05, 0.1) is 6.34 Å². The molecular weight excluding hydrogens is 452 g/mol. The number of halogens is 2. The molecule has 5 heteroatoms. The first-order chi connectivity index (χ1) is 12.6. The van der Waals surface area contributed by atoms with E-state index in [-0.39, 0.29) is 15.1 Å². The fourth-order valence-electron chi connectivity index (χ4n) is 2.49. The van der Waals surface area contributed by atoms with Crippen LogP contribution in [0.5, 0.6) is 0 Å². The van der Waals surface area contributed by atoms with Gasteiger partial charge < -0.3 is 4.90 Å². The van der Waals surface area contributed by atoms with Crippen LogP contribution in [0.3, 0.4) is 0 Å². The van der Waals surface area contributed by atoms with Crippen LogP contribution in [-0.4, -0.2) is 24.3 Å². The Labute approximate surface area is 174 Å². The van der Waals surface area contributed by atoms with Crippen molar-refractivity contribution in [3.63, 3.8) is 0 Å². The predicted molar refractivity (Wildman–Crippen MR) is 112 cm³/mol. The number of aliphatic imine (C=N–C) groups is 1. The van der Waals surface area contributed by atoms with Crippen molar-refractivity contribution >= 4 is 25.7 Å². The molecule has 0 unspecified atom stereocenters. The van der Waals surface area contributed by atoms with Crippen LogP contribution in [0, 0.1) is 6.92 Å². The van der Waals surface area contributed by atoms with Crippen molar-refractivity contribution in [1.29, 1.82) is 0 Å². The van der Waals surface area contributed by atoms with E-state index in [1.807, 2.05) is 12.4 Å². The van der Waals surface area contributed by atoms with E-state index >= 15 is 0 Å². The third-order valence-electron chi connectivity index (χ3n) is 3.95. The molecule has 2 aromatic carbocycles. The molecule has 0 atom stereocenters. The van der Waals surface area contributed by atoms with Crippen molar-refractivity contribution in [2.45, 2.75) is 39.7 Å². The molecule has 0 radical (unpaired) electrons. The summed E-state index contributed by atoms with van der Waals surface area (Å²) in [6.07, 6.45) is 3.15. The van der Waals surface area contributed by atoms with Crippen LogP contribution in [0.25, 0.3) is 0 Å². The van der Waals surface area contributed by atoms with Crippen molar-refractivity contribution < 1.29 is 15.1 Å². The molecule has 0 spiro atoms. The molecule has 0 aromatic heterocycles. The Balaban J connectivity index is 0.000000233. The first kappa shape index (κ1) is 23.2. The normalized spacial score (nSPS) is 12.9. The van der Waals surface area contributed by atoms with E-state index in [1.54, 1.807) is 0 Å².